The van der Waals surface area contributed by atoms with Crippen LogP contribution in [0.4, 0.5) is 15.3 Å². The van der Waals surface area contributed by atoms with Crippen LogP contribution in [-0.2, 0) is 11.3 Å². The summed E-state index contributed by atoms with van der Waals surface area (Å²) in [6.45, 7) is 5.79. The van der Waals surface area contributed by atoms with Crippen molar-refractivity contribution < 1.29 is 14.3 Å². The summed E-state index contributed by atoms with van der Waals surface area (Å²) in [7, 11) is 0. The molecule has 1 aliphatic carbocycles. The number of alkyl carbamates (subject to hydrolysis) is 1. The lowest BCUT2D eigenvalue weighted by Crippen LogP contribution is -2.32. The maximum atomic E-state index is 11.7. The Labute approximate surface area is 130 Å². The molecule has 22 heavy (non-hydrogen) atoms. The Morgan fingerprint density at radius 1 is 1.27 bits per heavy atom. The van der Waals surface area contributed by atoms with Crippen LogP contribution in [0, 0.1) is 0 Å². The number of carbonyl (C=O) groups excluding carboxylic acids is 2. The maximum Gasteiger partial charge on any atom is 0.407 e. The number of hydrogen-bond acceptors (Lipinski definition) is 3. The Bertz CT molecular complexity index is 548. The summed E-state index contributed by atoms with van der Waals surface area (Å²) in [6, 6.07) is 7.46. The van der Waals surface area contributed by atoms with E-state index in [1.54, 1.807) is 0 Å². The van der Waals surface area contributed by atoms with Gasteiger partial charge in [0.1, 0.15) is 5.60 Å². The van der Waals surface area contributed by atoms with Gasteiger partial charge < -0.3 is 20.7 Å². The maximum absolute atomic E-state index is 11.7. The van der Waals surface area contributed by atoms with E-state index in [9.17, 15) is 9.59 Å². The van der Waals surface area contributed by atoms with E-state index in [-0.39, 0.29) is 6.03 Å². The van der Waals surface area contributed by atoms with Gasteiger partial charge in [-0.1, -0.05) is 12.1 Å². The van der Waals surface area contributed by atoms with Crippen molar-refractivity contribution in [3.05, 3.63) is 29.8 Å². The van der Waals surface area contributed by atoms with Crippen LogP contribution in [0.3, 0.4) is 0 Å². The average Bonchev–Trinajstić information content (AvgIpc) is 3.18. The first-order valence-corrected chi connectivity index (χ1v) is 7.45. The lowest BCUT2D eigenvalue weighted by Gasteiger charge is -2.19. The van der Waals surface area contributed by atoms with Crippen LogP contribution in [0.5, 0.6) is 0 Å². The number of ether oxygens (including phenoxy) is 1. The Morgan fingerprint density at radius 3 is 2.64 bits per heavy atom. The van der Waals surface area contributed by atoms with Crippen LogP contribution >= 0.6 is 0 Å². The monoisotopic (exact) mass is 305 g/mol. The van der Waals surface area contributed by atoms with Gasteiger partial charge in [0, 0.05) is 18.3 Å². The number of anilines is 1. The number of benzene rings is 1. The average molecular weight is 305 g/mol. The molecule has 0 unspecified atom stereocenters. The van der Waals surface area contributed by atoms with Crippen molar-refractivity contribution in [1.82, 2.24) is 10.6 Å². The zero-order chi connectivity index (χ0) is 16.2. The van der Waals surface area contributed by atoms with Gasteiger partial charge in [0.2, 0.25) is 0 Å². The number of carbonyl (C=O) groups is 2. The van der Waals surface area contributed by atoms with Gasteiger partial charge in [-0.3, -0.25) is 0 Å². The fourth-order valence-corrected chi connectivity index (χ4v) is 1.83. The number of urea groups is 1. The molecule has 3 amide bonds. The van der Waals surface area contributed by atoms with Crippen LogP contribution in [0.15, 0.2) is 24.3 Å². The fourth-order valence-electron chi connectivity index (χ4n) is 1.83. The molecule has 0 radical (unpaired) electrons. The molecular formula is C16H23N3O3. The van der Waals surface area contributed by atoms with Crippen LogP contribution in [0.2, 0.25) is 0 Å². The van der Waals surface area contributed by atoms with Gasteiger partial charge in [-0.2, -0.15) is 0 Å². The first kappa shape index (κ1) is 16.1. The lowest BCUT2D eigenvalue weighted by atomic mass is 10.2. The molecule has 2 rings (SSSR count). The van der Waals surface area contributed by atoms with Gasteiger partial charge in [0.25, 0.3) is 0 Å². The van der Waals surface area contributed by atoms with E-state index < -0.39 is 11.7 Å². The van der Waals surface area contributed by atoms with Crippen molar-refractivity contribution in [3.63, 3.8) is 0 Å². The van der Waals surface area contributed by atoms with Gasteiger partial charge in [-0.05, 0) is 51.3 Å². The van der Waals surface area contributed by atoms with E-state index in [0.29, 0.717) is 18.3 Å². The van der Waals surface area contributed by atoms with Crippen LogP contribution in [0.1, 0.15) is 39.2 Å². The minimum Gasteiger partial charge on any atom is -0.444 e. The molecule has 0 saturated heterocycles. The molecule has 0 heterocycles. The molecule has 120 valence electrons. The molecular weight excluding hydrogens is 282 g/mol. The van der Waals surface area contributed by atoms with E-state index >= 15 is 0 Å². The van der Waals surface area contributed by atoms with Gasteiger partial charge in [0.15, 0.2) is 0 Å². The number of amides is 3. The Hall–Kier alpha value is -2.24. The van der Waals surface area contributed by atoms with Crippen molar-refractivity contribution in [3.8, 4) is 0 Å². The highest BCUT2D eigenvalue weighted by atomic mass is 16.6. The second kappa shape index (κ2) is 6.68. The molecule has 1 aliphatic rings. The highest BCUT2D eigenvalue weighted by Crippen LogP contribution is 2.19. The van der Waals surface area contributed by atoms with Crippen molar-refractivity contribution in [2.75, 3.05) is 5.32 Å². The standard InChI is InChI=1S/C16H23N3O3/c1-16(2,3)22-15(21)17-10-11-5-4-6-13(9-11)19-14(20)18-12-7-8-12/h4-6,9,12H,7-8,10H2,1-3H3,(H,17,21)(H2,18,19,20). The third kappa shape index (κ3) is 6.03. The molecule has 0 aliphatic heterocycles. The zero-order valence-electron chi connectivity index (χ0n) is 13.2. The Balaban J connectivity index is 1.82. The van der Waals surface area contributed by atoms with Gasteiger partial charge >= 0.3 is 12.1 Å². The summed E-state index contributed by atoms with van der Waals surface area (Å²) >= 11 is 0. The number of hydrogen-bond donors (Lipinski definition) is 3. The van der Waals surface area contributed by atoms with Gasteiger partial charge in [-0.15, -0.1) is 0 Å². The first-order chi connectivity index (χ1) is 10.3. The minimum atomic E-state index is -0.519. The summed E-state index contributed by atoms with van der Waals surface area (Å²) in [5, 5.41) is 8.33. The summed E-state index contributed by atoms with van der Waals surface area (Å²) in [5.74, 6) is 0. The molecule has 0 aromatic heterocycles. The molecule has 1 fully saturated rings. The quantitative estimate of drug-likeness (QED) is 0.800. The van der Waals surface area contributed by atoms with E-state index in [2.05, 4.69) is 16.0 Å². The first-order valence-electron chi connectivity index (χ1n) is 7.45. The summed E-state index contributed by atoms with van der Waals surface area (Å²) in [4.78, 5) is 23.3. The van der Waals surface area contributed by atoms with Crippen molar-refractivity contribution in [2.45, 2.75) is 51.8 Å². The molecule has 0 bridgehead atoms. The van der Waals surface area contributed by atoms with Crippen LogP contribution < -0.4 is 16.0 Å². The Morgan fingerprint density at radius 2 is 2.00 bits per heavy atom. The smallest absolute Gasteiger partial charge is 0.407 e. The number of rotatable bonds is 4. The normalized spacial score (nSPS) is 14.1. The van der Waals surface area contributed by atoms with Crippen molar-refractivity contribution in [2.24, 2.45) is 0 Å². The highest BCUT2D eigenvalue weighted by molar-refractivity contribution is 5.89. The number of nitrogens with one attached hydrogen (secondary N) is 3. The molecule has 6 heteroatoms. The zero-order valence-corrected chi connectivity index (χ0v) is 13.2. The molecule has 0 spiro atoms. The van der Waals surface area contributed by atoms with E-state index in [1.807, 2.05) is 45.0 Å². The minimum absolute atomic E-state index is 0.195. The second-order valence-corrected chi connectivity index (χ2v) is 6.43. The summed E-state index contributed by atoms with van der Waals surface area (Å²) in [6.07, 6.45) is 1.64. The van der Waals surface area contributed by atoms with E-state index in [1.165, 1.54) is 0 Å². The van der Waals surface area contributed by atoms with Gasteiger partial charge in [-0.25, -0.2) is 9.59 Å². The van der Waals surface area contributed by atoms with Crippen molar-refractivity contribution >= 4 is 17.8 Å². The SMILES string of the molecule is CC(C)(C)OC(=O)NCc1cccc(NC(=O)NC2CC2)c1. The predicted octanol–water partition coefficient (Wildman–Crippen LogP) is 3.00. The summed E-state index contributed by atoms with van der Waals surface area (Å²) in [5.41, 5.74) is 1.06. The molecule has 0 atom stereocenters. The predicted molar refractivity (Wildman–Crippen MR) is 84.7 cm³/mol. The topological polar surface area (TPSA) is 79.5 Å². The third-order valence-electron chi connectivity index (χ3n) is 2.93. The molecule has 6 nitrogen and oxygen atoms in total. The third-order valence-corrected chi connectivity index (χ3v) is 2.93. The molecule has 1 saturated carbocycles. The highest BCUT2D eigenvalue weighted by Gasteiger charge is 2.23. The largest absolute Gasteiger partial charge is 0.444 e. The summed E-state index contributed by atoms with van der Waals surface area (Å²) < 4.78 is 5.18. The molecule has 3 N–H and O–H groups in total. The van der Waals surface area contributed by atoms with E-state index in [4.69, 9.17) is 4.74 Å². The van der Waals surface area contributed by atoms with Crippen LogP contribution in [-0.4, -0.2) is 23.8 Å². The lowest BCUT2D eigenvalue weighted by molar-refractivity contribution is 0.0523. The fraction of sp³-hybridized carbons (Fsp3) is 0.500. The van der Waals surface area contributed by atoms with Gasteiger partial charge in [0.05, 0.1) is 0 Å². The molecule has 1 aromatic carbocycles. The molecule has 1 aromatic rings. The Kier molecular flexibility index (Phi) is 4.90. The van der Waals surface area contributed by atoms with E-state index in [0.717, 1.165) is 18.4 Å². The second-order valence-electron chi connectivity index (χ2n) is 6.43. The van der Waals surface area contributed by atoms with Crippen molar-refractivity contribution in [1.29, 1.82) is 0 Å². The van der Waals surface area contributed by atoms with Crippen LogP contribution in [0.25, 0.3) is 0 Å².